The highest BCUT2D eigenvalue weighted by molar-refractivity contribution is 5.92. The molecule has 1 saturated carbocycles. The van der Waals surface area contributed by atoms with Crippen LogP contribution in [0.1, 0.15) is 39.5 Å². The molecule has 3 fully saturated rings. The van der Waals surface area contributed by atoms with Crippen molar-refractivity contribution >= 4 is 5.91 Å². The first-order valence-corrected chi connectivity index (χ1v) is 6.95. The van der Waals surface area contributed by atoms with Gasteiger partial charge in [-0.25, -0.2) is 0 Å². The van der Waals surface area contributed by atoms with Gasteiger partial charge < -0.3 is 9.80 Å². The summed E-state index contributed by atoms with van der Waals surface area (Å²) < 4.78 is 0. The van der Waals surface area contributed by atoms with Crippen molar-refractivity contribution in [2.45, 2.75) is 57.3 Å². The van der Waals surface area contributed by atoms with E-state index in [1.165, 1.54) is 25.9 Å². The van der Waals surface area contributed by atoms with Gasteiger partial charge in [0, 0.05) is 12.6 Å². The lowest BCUT2D eigenvalue weighted by Gasteiger charge is -2.31. The van der Waals surface area contributed by atoms with Gasteiger partial charge in [-0.1, -0.05) is 0 Å². The second-order valence-corrected chi connectivity index (χ2v) is 5.97. The van der Waals surface area contributed by atoms with Gasteiger partial charge in [-0.3, -0.25) is 10.1 Å². The van der Waals surface area contributed by atoms with Crippen molar-refractivity contribution in [2.75, 3.05) is 19.6 Å². The van der Waals surface area contributed by atoms with Gasteiger partial charge in [-0.15, -0.1) is 0 Å². The molecule has 2 unspecified atom stereocenters. The van der Waals surface area contributed by atoms with E-state index in [1.54, 1.807) is 0 Å². The van der Waals surface area contributed by atoms with E-state index in [1.807, 2.05) is 0 Å². The summed E-state index contributed by atoms with van der Waals surface area (Å²) in [7, 11) is 0. The van der Waals surface area contributed by atoms with Crippen LogP contribution in [-0.2, 0) is 4.79 Å². The van der Waals surface area contributed by atoms with Crippen LogP contribution in [0.5, 0.6) is 0 Å². The maximum atomic E-state index is 12.4. The number of carbonyl (C=O) groups is 1. The van der Waals surface area contributed by atoms with Crippen molar-refractivity contribution in [3.05, 3.63) is 0 Å². The maximum absolute atomic E-state index is 12.4. The molecule has 2 saturated heterocycles. The minimum absolute atomic E-state index is 0.154. The first kappa shape index (κ1) is 11.5. The van der Waals surface area contributed by atoms with Crippen molar-refractivity contribution in [3.8, 4) is 0 Å². The number of nitrogens with zero attached hydrogens (tertiary/aromatic N) is 2. The third-order valence-electron chi connectivity index (χ3n) is 4.49. The molecule has 4 nitrogen and oxygen atoms in total. The third-order valence-corrected chi connectivity index (χ3v) is 4.49. The molecule has 0 radical (unpaired) electrons. The molecule has 0 aromatic rings. The van der Waals surface area contributed by atoms with Gasteiger partial charge in [-0.05, 0) is 52.6 Å². The second kappa shape index (κ2) is 3.95. The summed E-state index contributed by atoms with van der Waals surface area (Å²) >= 11 is 0. The molecule has 2 atom stereocenters. The van der Waals surface area contributed by atoms with Gasteiger partial charge in [0.05, 0.1) is 11.7 Å². The molecule has 2 heterocycles. The Morgan fingerprint density at radius 3 is 2.59 bits per heavy atom. The van der Waals surface area contributed by atoms with Crippen LogP contribution in [0.2, 0.25) is 0 Å². The molecule has 3 aliphatic rings. The molecular formula is C13H23N3O. The Balaban J connectivity index is 1.64. The average Bonchev–Trinajstić information content (AvgIpc) is 2.77. The number of amides is 1. The Morgan fingerprint density at radius 2 is 2.06 bits per heavy atom. The zero-order valence-electron chi connectivity index (χ0n) is 10.9. The Kier molecular flexibility index (Phi) is 2.67. The van der Waals surface area contributed by atoms with Gasteiger partial charge in [-0.2, -0.15) is 0 Å². The molecular weight excluding hydrogens is 214 g/mol. The number of hydrogen-bond donors (Lipinski definition) is 1. The lowest BCUT2D eigenvalue weighted by Crippen LogP contribution is -2.47. The molecule has 1 amide bonds. The molecule has 1 aliphatic carbocycles. The van der Waals surface area contributed by atoms with Crippen LogP contribution in [0.25, 0.3) is 0 Å². The van der Waals surface area contributed by atoms with Crippen LogP contribution in [-0.4, -0.2) is 53.1 Å². The molecule has 1 N–H and O–H groups in total. The van der Waals surface area contributed by atoms with E-state index in [0.717, 1.165) is 19.4 Å². The lowest BCUT2D eigenvalue weighted by atomic mass is 10.2. The number of carbonyl (C=O) groups excluding carboxylic acids is 1. The minimum Gasteiger partial charge on any atom is -0.322 e. The van der Waals surface area contributed by atoms with Crippen LogP contribution in [0.15, 0.2) is 0 Å². The normalized spacial score (nSPS) is 33.6. The first-order valence-electron chi connectivity index (χ1n) is 6.95. The van der Waals surface area contributed by atoms with E-state index in [-0.39, 0.29) is 11.7 Å². The third kappa shape index (κ3) is 1.87. The van der Waals surface area contributed by atoms with Crippen molar-refractivity contribution in [2.24, 2.45) is 0 Å². The molecule has 0 bridgehead atoms. The average molecular weight is 237 g/mol. The Hall–Kier alpha value is -0.610. The quantitative estimate of drug-likeness (QED) is 0.788. The van der Waals surface area contributed by atoms with Gasteiger partial charge in [0.25, 0.3) is 0 Å². The topological polar surface area (TPSA) is 35.6 Å². The molecule has 2 aliphatic heterocycles. The van der Waals surface area contributed by atoms with Gasteiger partial charge in [0.2, 0.25) is 5.91 Å². The Labute approximate surface area is 103 Å². The van der Waals surface area contributed by atoms with E-state index >= 15 is 0 Å². The summed E-state index contributed by atoms with van der Waals surface area (Å²) in [5, 5.41) is 3.47. The van der Waals surface area contributed by atoms with E-state index < -0.39 is 0 Å². The number of nitrogens with one attached hydrogen (secondary N) is 1. The molecule has 96 valence electrons. The first-order chi connectivity index (χ1) is 8.12. The molecule has 17 heavy (non-hydrogen) atoms. The predicted octanol–water partition coefficient (Wildman–Crippen LogP) is 0.781. The molecule has 3 rings (SSSR count). The van der Waals surface area contributed by atoms with E-state index in [9.17, 15) is 4.79 Å². The highest BCUT2D eigenvalue weighted by Crippen LogP contribution is 2.42. The van der Waals surface area contributed by atoms with E-state index in [0.29, 0.717) is 11.9 Å². The van der Waals surface area contributed by atoms with Crippen molar-refractivity contribution < 1.29 is 4.79 Å². The number of likely N-dealkylation sites (tertiary alicyclic amines) is 1. The fourth-order valence-corrected chi connectivity index (χ4v) is 3.45. The zero-order valence-corrected chi connectivity index (χ0v) is 10.9. The Morgan fingerprint density at radius 1 is 1.41 bits per heavy atom. The molecule has 0 aromatic heterocycles. The smallest absolute Gasteiger partial charge is 0.244 e. The minimum atomic E-state index is -0.154. The van der Waals surface area contributed by atoms with Crippen molar-refractivity contribution in [1.82, 2.24) is 15.1 Å². The van der Waals surface area contributed by atoms with Gasteiger partial charge in [0.15, 0.2) is 0 Å². The summed E-state index contributed by atoms with van der Waals surface area (Å²) in [5.74, 6) is 0.344. The van der Waals surface area contributed by atoms with Crippen molar-refractivity contribution in [3.63, 3.8) is 0 Å². The van der Waals surface area contributed by atoms with E-state index in [2.05, 4.69) is 29.0 Å². The monoisotopic (exact) mass is 237 g/mol. The second-order valence-electron chi connectivity index (χ2n) is 5.97. The predicted molar refractivity (Wildman–Crippen MR) is 66.5 cm³/mol. The van der Waals surface area contributed by atoms with E-state index in [4.69, 9.17) is 0 Å². The summed E-state index contributed by atoms with van der Waals surface area (Å²) in [4.78, 5) is 16.9. The highest BCUT2D eigenvalue weighted by Gasteiger charge is 2.58. The van der Waals surface area contributed by atoms with Gasteiger partial charge >= 0.3 is 0 Å². The summed E-state index contributed by atoms with van der Waals surface area (Å²) in [5.41, 5.74) is -0.154. The zero-order chi connectivity index (χ0) is 12.0. The lowest BCUT2D eigenvalue weighted by molar-refractivity contribution is -0.132. The van der Waals surface area contributed by atoms with Crippen LogP contribution in [0.4, 0.5) is 0 Å². The number of rotatable bonds is 3. The summed E-state index contributed by atoms with van der Waals surface area (Å²) in [6.07, 6.45) is 4.91. The fraction of sp³-hybridized carbons (Fsp3) is 0.923. The fourth-order valence-electron chi connectivity index (χ4n) is 3.45. The van der Waals surface area contributed by atoms with Crippen LogP contribution >= 0.6 is 0 Å². The standard InChI is InChI=1S/C13H23N3O/c1-10(9-15-7-3-4-8-15)16-11(2)14-13(5-6-13)12(16)17/h10-11,14H,3-9H2,1-2H3. The molecule has 1 spiro atoms. The largest absolute Gasteiger partial charge is 0.322 e. The van der Waals surface area contributed by atoms with Crippen LogP contribution in [0.3, 0.4) is 0 Å². The van der Waals surface area contributed by atoms with Crippen LogP contribution in [0, 0.1) is 0 Å². The Bertz CT molecular complexity index is 321. The summed E-state index contributed by atoms with van der Waals surface area (Å²) in [6, 6.07) is 0.336. The molecule has 4 heteroatoms. The number of hydrogen-bond acceptors (Lipinski definition) is 3. The van der Waals surface area contributed by atoms with Crippen molar-refractivity contribution in [1.29, 1.82) is 0 Å². The summed E-state index contributed by atoms with van der Waals surface area (Å²) in [6.45, 7) is 7.76. The van der Waals surface area contributed by atoms with Gasteiger partial charge in [0.1, 0.15) is 0 Å². The highest BCUT2D eigenvalue weighted by atomic mass is 16.2. The van der Waals surface area contributed by atoms with Crippen LogP contribution < -0.4 is 5.32 Å². The SMILES string of the molecule is CC(CN1CCCC1)N1C(=O)C2(CC2)NC1C. The maximum Gasteiger partial charge on any atom is 0.244 e. The molecule has 0 aromatic carbocycles.